The van der Waals surface area contributed by atoms with Crippen LogP contribution in [0.1, 0.15) is 29.9 Å². The van der Waals surface area contributed by atoms with E-state index in [0.717, 1.165) is 11.1 Å². The lowest BCUT2D eigenvalue weighted by Gasteiger charge is -2.26. The minimum absolute atomic E-state index is 0.136. The molecule has 2 N–H and O–H groups in total. The molecule has 0 radical (unpaired) electrons. The van der Waals surface area contributed by atoms with Crippen molar-refractivity contribution < 1.29 is 29.3 Å². The van der Waals surface area contributed by atoms with Crippen molar-refractivity contribution in [3.63, 3.8) is 0 Å². The molecule has 3 aliphatic rings. The number of aliphatic hydroxyl groups excluding tert-OH is 2. The van der Waals surface area contributed by atoms with E-state index in [2.05, 4.69) is 0 Å². The zero-order valence-corrected chi connectivity index (χ0v) is 12.4. The molecule has 3 unspecified atom stereocenters. The van der Waals surface area contributed by atoms with Gasteiger partial charge < -0.3 is 24.6 Å². The fraction of sp³-hybridized carbons (Fsp3) is 0.500. The quantitative estimate of drug-likeness (QED) is 0.695. The molecule has 3 aliphatic heterocycles. The molecule has 2 bridgehead atoms. The molecule has 1 saturated heterocycles. The van der Waals surface area contributed by atoms with Crippen LogP contribution in [0, 0.1) is 0 Å². The summed E-state index contributed by atoms with van der Waals surface area (Å²) in [7, 11) is 0. The molecule has 23 heavy (non-hydrogen) atoms. The summed E-state index contributed by atoms with van der Waals surface area (Å²) < 4.78 is 10.8. The molecule has 1 fully saturated rings. The second-order valence-corrected chi connectivity index (χ2v) is 6.19. The predicted octanol–water partition coefficient (Wildman–Crippen LogP) is -0.0742. The lowest BCUT2D eigenvalue weighted by atomic mass is 9.86. The number of carbonyl (C=O) groups excluding carboxylic acids is 2. The van der Waals surface area contributed by atoms with Gasteiger partial charge in [-0.15, -0.1) is 0 Å². The monoisotopic (exact) mass is 319 g/mol. The van der Waals surface area contributed by atoms with Gasteiger partial charge in [0.25, 0.3) is 5.91 Å². The Bertz CT molecular complexity index is 687. The molecule has 0 saturated carbocycles. The van der Waals surface area contributed by atoms with Gasteiger partial charge in [0.15, 0.2) is 17.6 Å². The number of hydrogen-bond acceptors (Lipinski definition) is 6. The van der Waals surface area contributed by atoms with Crippen LogP contribution >= 0.6 is 0 Å². The number of hydrogen-bond donors (Lipinski definition) is 2. The number of fused-ring (bicyclic) bond motifs is 6. The molecule has 1 amide bonds. The third-order valence-corrected chi connectivity index (χ3v) is 4.79. The molecule has 7 heteroatoms. The highest BCUT2D eigenvalue weighted by Crippen LogP contribution is 2.41. The van der Waals surface area contributed by atoms with Gasteiger partial charge in [0.05, 0.1) is 6.10 Å². The number of ketones is 1. The van der Waals surface area contributed by atoms with Crippen molar-refractivity contribution in [1.29, 1.82) is 0 Å². The minimum Gasteiger partial charge on any atom is -0.454 e. The van der Waals surface area contributed by atoms with Crippen molar-refractivity contribution in [2.24, 2.45) is 0 Å². The number of benzene rings is 1. The van der Waals surface area contributed by atoms with E-state index in [4.69, 9.17) is 9.47 Å². The number of nitrogens with zero attached hydrogens (tertiary/aromatic N) is 1. The maximum Gasteiger partial charge on any atom is 0.254 e. The van der Waals surface area contributed by atoms with Gasteiger partial charge in [-0.25, -0.2) is 0 Å². The van der Waals surface area contributed by atoms with E-state index in [-0.39, 0.29) is 25.5 Å². The minimum atomic E-state index is -1.56. The van der Waals surface area contributed by atoms with Gasteiger partial charge in [-0.05, 0) is 29.7 Å². The third kappa shape index (κ3) is 2.27. The molecular weight excluding hydrogens is 302 g/mol. The summed E-state index contributed by atoms with van der Waals surface area (Å²) in [4.78, 5) is 26.4. The first kappa shape index (κ1) is 14.5. The van der Waals surface area contributed by atoms with Crippen LogP contribution in [0.3, 0.4) is 0 Å². The fourth-order valence-corrected chi connectivity index (χ4v) is 3.52. The van der Waals surface area contributed by atoms with Crippen molar-refractivity contribution >= 4 is 11.7 Å². The van der Waals surface area contributed by atoms with Crippen LogP contribution in [-0.2, 0) is 16.1 Å². The van der Waals surface area contributed by atoms with Crippen LogP contribution in [-0.4, -0.2) is 52.3 Å². The Balaban J connectivity index is 1.84. The Morgan fingerprint density at radius 1 is 1.13 bits per heavy atom. The number of carbonyl (C=O) groups is 2. The summed E-state index contributed by atoms with van der Waals surface area (Å²) in [6.07, 6.45) is -2.70. The Hall–Kier alpha value is -2.12. The topological polar surface area (TPSA) is 96.3 Å². The summed E-state index contributed by atoms with van der Waals surface area (Å²) in [6.45, 7) is 0.773. The van der Waals surface area contributed by atoms with Crippen molar-refractivity contribution in [3.05, 3.63) is 23.3 Å². The fourth-order valence-electron chi connectivity index (χ4n) is 3.52. The molecule has 3 heterocycles. The number of rotatable bonds is 0. The van der Waals surface area contributed by atoms with Gasteiger partial charge in [-0.2, -0.15) is 0 Å². The smallest absolute Gasteiger partial charge is 0.254 e. The van der Waals surface area contributed by atoms with Crippen molar-refractivity contribution in [2.75, 3.05) is 13.3 Å². The first-order chi connectivity index (χ1) is 11.0. The average molecular weight is 319 g/mol. The second-order valence-electron chi connectivity index (χ2n) is 6.19. The Morgan fingerprint density at radius 2 is 1.87 bits per heavy atom. The van der Waals surface area contributed by atoms with Gasteiger partial charge >= 0.3 is 0 Å². The van der Waals surface area contributed by atoms with Crippen molar-refractivity contribution in [2.45, 2.75) is 37.5 Å². The van der Waals surface area contributed by atoms with Gasteiger partial charge in [0.1, 0.15) is 5.78 Å². The first-order valence-corrected chi connectivity index (χ1v) is 7.64. The molecular formula is C16H17NO6. The van der Waals surface area contributed by atoms with Gasteiger partial charge in [-0.1, -0.05) is 0 Å². The van der Waals surface area contributed by atoms with Crippen molar-refractivity contribution in [1.82, 2.24) is 4.90 Å². The number of Topliss-reactive ketones (excluding diaryl/α,β-unsaturated/α-hetero) is 1. The Labute approximate surface area is 132 Å². The van der Waals surface area contributed by atoms with Crippen LogP contribution in [0.4, 0.5) is 0 Å². The number of amides is 1. The number of aliphatic hydroxyl groups is 2. The molecule has 1 aromatic rings. The summed E-state index contributed by atoms with van der Waals surface area (Å²) in [5.41, 5.74) is 1.64. The molecule has 1 aromatic carbocycles. The Morgan fingerprint density at radius 3 is 2.65 bits per heavy atom. The van der Waals surface area contributed by atoms with E-state index in [1.165, 1.54) is 4.90 Å². The Kier molecular flexibility index (Phi) is 3.28. The number of ether oxygens (including phenoxy) is 2. The van der Waals surface area contributed by atoms with E-state index >= 15 is 0 Å². The normalized spacial score (nSPS) is 29.7. The van der Waals surface area contributed by atoms with Gasteiger partial charge in [0.2, 0.25) is 6.79 Å². The molecule has 4 rings (SSSR count). The van der Waals surface area contributed by atoms with Crippen LogP contribution in [0.2, 0.25) is 0 Å². The van der Waals surface area contributed by atoms with Crippen LogP contribution in [0.5, 0.6) is 11.5 Å². The van der Waals surface area contributed by atoms with E-state index < -0.39 is 24.0 Å². The van der Waals surface area contributed by atoms with Gasteiger partial charge in [-0.3, -0.25) is 9.59 Å². The summed E-state index contributed by atoms with van der Waals surface area (Å²) in [5, 5.41) is 19.9. The predicted molar refractivity (Wildman–Crippen MR) is 77.0 cm³/mol. The highest BCUT2D eigenvalue weighted by molar-refractivity contribution is 5.90. The highest BCUT2D eigenvalue weighted by atomic mass is 16.7. The molecule has 0 aliphatic carbocycles. The third-order valence-electron chi connectivity index (χ3n) is 4.79. The second kappa shape index (κ2) is 5.21. The summed E-state index contributed by atoms with van der Waals surface area (Å²) in [5.74, 6) is 0.0581. The van der Waals surface area contributed by atoms with Gasteiger partial charge in [0, 0.05) is 25.4 Å². The van der Waals surface area contributed by atoms with E-state index in [1.807, 2.05) is 0 Å². The zero-order chi connectivity index (χ0) is 16.1. The largest absolute Gasteiger partial charge is 0.454 e. The maximum absolute atomic E-state index is 12.6. The summed E-state index contributed by atoms with van der Waals surface area (Å²) >= 11 is 0. The molecule has 122 valence electrons. The van der Waals surface area contributed by atoms with Crippen LogP contribution in [0.25, 0.3) is 0 Å². The lowest BCUT2D eigenvalue weighted by molar-refractivity contribution is -0.147. The molecule has 7 nitrogen and oxygen atoms in total. The van der Waals surface area contributed by atoms with E-state index in [0.29, 0.717) is 24.5 Å². The maximum atomic E-state index is 12.6. The SMILES string of the molecule is O=C1CC(O)C(O)C(=O)N2CCC1c1cc3c(cc1C2)OCO3. The first-order valence-electron chi connectivity index (χ1n) is 7.64. The van der Waals surface area contributed by atoms with E-state index in [1.54, 1.807) is 12.1 Å². The average Bonchev–Trinajstić information content (AvgIpc) is 2.90. The lowest BCUT2D eigenvalue weighted by Crippen LogP contribution is -2.44. The standard InChI is InChI=1S/C16H17NO6/c18-11-5-12(19)15(20)16(21)17-2-1-9(11)10-4-14-13(22-7-23-14)3-8(10)6-17/h3-4,9,12,15,19-20H,1-2,5-7H2. The zero-order valence-electron chi connectivity index (χ0n) is 12.4. The van der Waals surface area contributed by atoms with Crippen LogP contribution in [0.15, 0.2) is 12.1 Å². The highest BCUT2D eigenvalue weighted by Gasteiger charge is 2.39. The van der Waals surface area contributed by atoms with Crippen molar-refractivity contribution in [3.8, 4) is 11.5 Å². The van der Waals surface area contributed by atoms with E-state index in [9.17, 15) is 19.8 Å². The summed E-state index contributed by atoms with van der Waals surface area (Å²) in [6, 6.07) is 3.60. The molecule has 0 spiro atoms. The van der Waals surface area contributed by atoms with Crippen LogP contribution < -0.4 is 9.47 Å². The molecule has 3 atom stereocenters. The molecule has 0 aromatic heterocycles.